The fourth-order valence-electron chi connectivity index (χ4n) is 3.53. The molecule has 1 unspecified atom stereocenters. The van der Waals surface area contributed by atoms with Crippen LogP contribution in [-0.4, -0.2) is 17.5 Å². The maximum absolute atomic E-state index is 12.7. The Bertz CT molecular complexity index is 904. The van der Waals surface area contributed by atoms with Gasteiger partial charge in [0.2, 0.25) is 6.10 Å². The van der Waals surface area contributed by atoms with E-state index in [4.69, 9.17) is 9.47 Å². The van der Waals surface area contributed by atoms with E-state index in [1.807, 2.05) is 42.5 Å². The molecule has 1 saturated carbocycles. The molecule has 3 atom stereocenters. The van der Waals surface area contributed by atoms with Gasteiger partial charge in [0, 0.05) is 11.3 Å². The van der Waals surface area contributed by atoms with Crippen LogP contribution in [0.2, 0.25) is 0 Å². The molecule has 3 rings (SSSR count). The Morgan fingerprint density at radius 1 is 1.24 bits per heavy atom. The molecular weight excluding hydrogens is 382 g/mol. The van der Waals surface area contributed by atoms with Crippen LogP contribution in [0.15, 0.2) is 67.3 Å². The van der Waals surface area contributed by atoms with Crippen LogP contribution in [0.3, 0.4) is 0 Å². The van der Waals surface area contributed by atoms with E-state index in [-0.39, 0.29) is 23.2 Å². The number of esters is 1. The lowest BCUT2D eigenvalue weighted by molar-refractivity contribution is -0.149. The summed E-state index contributed by atoms with van der Waals surface area (Å²) in [6.07, 6.45) is 0.906. The molecule has 0 spiro atoms. The van der Waals surface area contributed by atoms with Crippen LogP contribution in [0.1, 0.15) is 25.5 Å². The number of rotatable bonds is 9. The summed E-state index contributed by atoms with van der Waals surface area (Å²) in [5.41, 5.74) is 0.495. The first-order valence-corrected chi connectivity index (χ1v) is 10.7. The SMILES string of the molecule is C=CCSC[C@H]1[C@@H](C(=O)OC(C#N)c2cccc(Oc3ccccc3)c2)C1(C)C. The van der Waals surface area contributed by atoms with Gasteiger partial charge in [-0.15, -0.1) is 6.58 Å². The van der Waals surface area contributed by atoms with Crippen molar-refractivity contribution in [2.75, 3.05) is 11.5 Å². The van der Waals surface area contributed by atoms with E-state index < -0.39 is 6.10 Å². The Labute approximate surface area is 176 Å². The number of nitriles is 1. The maximum atomic E-state index is 12.7. The molecule has 1 aliphatic carbocycles. The third kappa shape index (κ3) is 5.02. The zero-order chi connectivity index (χ0) is 20.9. The number of benzene rings is 2. The number of hydrogen-bond acceptors (Lipinski definition) is 5. The molecule has 0 heterocycles. The number of carbonyl (C=O) groups is 1. The second-order valence-corrected chi connectivity index (χ2v) is 8.74. The van der Waals surface area contributed by atoms with Crippen molar-refractivity contribution in [3.8, 4) is 17.6 Å². The van der Waals surface area contributed by atoms with E-state index in [1.54, 1.807) is 30.0 Å². The van der Waals surface area contributed by atoms with Gasteiger partial charge in [-0.25, -0.2) is 0 Å². The summed E-state index contributed by atoms with van der Waals surface area (Å²) >= 11 is 1.76. The molecule has 1 fully saturated rings. The Hall–Kier alpha value is -2.71. The van der Waals surface area contributed by atoms with Crippen molar-refractivity contribution in [1.29, 1.82) is 5.26 Å². The van der Waals surface area contributed by atoms with Crippen LogP contribution < -0.4 is 4.74 Å². The topological polar surface area (TPSA) is 59.3 Å². The van der Waals surface area contributed by atoms with Crippen molar-refractivity contribution < 1.29 is 14.3 Å². The van der Waals surface area contributed by atoms with Gasteiger partial charge in [-0.1, -0.05) is 50.3 Å². The number of ether oxygens (including phenoxy) is 2. The van der Waals surface area contributed by atoms with E-state index in [0.717, 1.165) is 11.5 Å². The van der Waals surface area contributed by atoms with Gasteiger partial charge < -0.3 is 9.47 Å². The smallest absolute Gasteiger partial charge is 0.311 e. The van der Waals surface area contributed by atoms with E-state index >= 15 is 0 Å². The van der Waals surface area contributed by atoms with Gasteiger partial charge in [0.1, 0.15) is 17.6 Å². The van der Waals surface area contributed by atoms with Gasteiger partial charge in [0.15, 0.2) is 0 Å². The Morgan fingerprint density at radius 2 is 1.97 bits per heavy atom. The number of para-hydroxylation sites is 1. The first kappa shape index (κ1) is 21.0. The maximum Gasteiger partial charge on any atom is 0.311 e. The molecule has 1 aliphatic rings. The summed E-state index contributed by atoms with van der Waals surface area (Å²) in [6, 6.07) is 18.6. The molecule has 2 aromatic carbocycles. The van der Waals surface area contributed by atoms with Crippen LogP contribution in [0.5, 0.6) is 11.5 Å². The highest BCUT2D eigenvalue weighted by Gasteiger charge is 2.62. The summed E-state index contributed by atoms with van der Waals surface area (Å²) in [5, 5.41) is 9.60. The molecular formula is C24H25NO3S. The van der Waals surface area contributed by atoms with E-state index in [2.05, 4.69) is 26.5 Å². The number of hydrogen-bond donors (Lipinski definition) is 0. The first-order valence-electron chi connectivity index (χ1n) is 9.59. The van der Waals surface area contributed by atoms with E-state index in [0.29, 0.717) is 17.1 Å². The Kier molecular flexibility index (Phi) is 6.66. The Balaban J connectivity index is 1.66. The lowest BCUT2D eigenvalue weighted by Gasteiger charge is -2.13. The lowest BCUT2D eigenvalue weighted by Crippen LogP contribution is -2.14. The molecule has 29 heavy (non-hydrogen) atoms. The van der Waals surface area contributed by atoms with Gasteiger partial charge in [-0.3, -0.25) is 4.79 Å². The van der Waals surface area contributed by atoms with Crippen molar-refractivity contribution in [2.45, 2.75) is 20.0 Å². The highest BCUT2D eigenvalue weighted by atomic mass is 32.2. The minimum atomic E-state index is -0.959. The van der Waals surface area contributed by atoms with Crippen molar-refractivity contribution in [2.24, 2.45) is 17.3 Å². The average molecular weight is 408 g/mol. The molecule has 2 aromatic rings. The van der Waals surface area contributed by atoms with Crippen molar-refractivity contribution in [1.82, 2.24) is 0 Å². The van der Waals surface area contributed by atoms with Crippen molar-refractivity contribution >= 4 is 17.7 Å². The van der Waals surface area contributed by atoms with Gasteiger partial charge in [0.05, 0.1) is 5.92 Å². The zero-order valence-corrected chi connectivity index (χ0v) is 17.5. The molecule has 0 bridgehead atoms. The molecule has 0 amide bonds. The fraction of sp³-hybridized carbons (Fsp3) is 0.333. The number of thioether (sulfide) groups is 1. The molecule has 5 heteroatoms. The minimum Gasteiger partial charge on any atom is -0.457 e. The highest BCUT2D eigenvalue weighted by Crippen LogP contribution is 2.60. The zero-order valence-electron chi connectivity index (χ0n) is 16.7. The largest absolute Gasteiger partial charge is 0.457 e. The van der Waals surface area contributed by atoms with Crippen LogP contribution in [0, 0.1) is 28.6 Å². The molecule has 0 aliphatic heterocycles. The summed E-state index contributed by atoms with van der Waals surface area (Å²) in [6.45, 7) is 7.88. The van der Waals surface area contributed by atoms with Crippen molar-refractivity contribution in [3.05, 3.63) is 72.8 Å². The fourth-order valence-corrected chi connectivity index (χ4v) is 4.70. The molecule has 4 nitrogen and oxygen atoms in total. The quantitative estimate of drug-likeness (QED) is 0.300. The van der Waals surface area contributed by atoms with E-state index in [1.165, 1.54) is 0 Å². The summed E-state index contributed by atoms with van der Waals surface area (Å²) in [4.78, 5) is 12.7. The lowest BCUT2D eigenvalue weighted by atomic mass is 10.1. The third-order valence-corrected chi connectivity index (χ3v) is 6.39. The van der Waals surface area contributed by atoms with Gasteiger partial charge in [-0.05, 0) is 41.4 Å². The summed E-state index contributed by atoms with van der Waals surface area (Å²) in [7, 11) is 0. The summed E-state index contributed by atoms with van der Waals surface area (Å²) in [5.74, 6) is 2.82. The second kappa shape index (κ2) is 9.19. The Morgan fingerprint density at radius 3 is 2.66 bits per heavy atom. The molecule has 150 valence electrons. The molecule has 0 N–H and O–H groups in total. The molecule has 0 radical (unpaired) electrons. The first-order chi connectivity index (χ1) is 14.0. The summed E-state index contributed by atoms with van der Waals surface area (Å²) < 4.78 is 11.4. The van der Waals surface area contributed by atoms with Gasteiger partial charge >= 0.3 is 5.97 Å². The van der Waals surface area contributed by atoms with Crippen LogP contribution in [0.4, 0.5) is 0 Å². The van der Waals surface area contributed by atoms with Crippen LogP contribution in [0.25, 0.3) is 0 Å². The standard InChI is InChI=1S/C24H25NO3S/c1-4-13-29-16-20-22(24(20,2)3)23(26)28-21(15-25)17-9-8-12-19(14-17)27-18-10-6-5-7-11-18/h4-12,14,20-22H,1,13,16H2,2-3H3/t20-,21?,22-/m0/s1. The number of carbonyl (C=O) groups excluding carboxylic acids is 1. The van der Waals surface area contributed by atoms with Crippen LogP contribution >= 0.6 is 11.8 Å². The second-order valence-electron chi connectivity index (χ2n) is 7.67. The van der Waals surface area contributed by atoms with Crippen LogP contribution in [-0.2, 0) is 9.53 Å². The predicted molar refractivity (Wildman–Crippen MR) is 116 cm³/mol. The highest BCUT2D eigenvalue weighted by molar-refractivity contribution is 7.99. The third-order valence-electron chi connectivity index (χ3n) is 5.33. The average Bonchev–Trinajstić information content (AvgIpc) is 3.27. The normalized spacial score (nSPS) is 20.2. The predicted octanol–water partition coefficient (Wildman–Crippen LogP) is 5.78. The van der Waals surface area contributed by atoms with E-state index in [9.17, 15) is 10.1 Å². The molecule has 0 aromatic heterocycles. The van der Waals surface area contributed by atoms with Gasteiger partial charge in [-0.2, -0.15) is 17.0 Å². The van der Waals surface area contributed by atoms with Crippen molar-refractivity contribution in [3.63, 3.8) is 0 Å². The molecule has 0 saturated heterocycles. The number of nitrogens with zero attached hydrogens (tertiary/aromatic N) is 1. The van der Waals surface area contributed by atoms with Gasteiger partial charge in [0.25, 0.3) is 0 Å². The minimum absolute atomic E-state index is 0.108. The monoisotopic (exact) mass is 407 g/mol.